The molecule has 0 spiro atoms. The molecule has 3 heterocycles. The molecule has 33 heteroatoms. The highest BCUT2D eigenvalue weighted by molar-refractivity contribution is 9.09. The molecule has 0 unspecified atom stereocenters. The maximum Gasteiger partial charge on any atom is 0.328 e. The number of benzene rings is 5. The lowest BCUT2D eigenvalue weighted by molar-refractivity contribution is 0.101. The number of carbonyl (C=O) groups excluding carboxylic acids is 3. The third-order valence-corrected chi connectivity index (χ3v) is 19.9. The van der Waals surface area contributed by atoms with Crippen molar-refractivity contribution in [2.24, 2.45) is 5.14 Å². The molecule has 8 rings (SSSR count). The van der Waals surface area contributed by atoms with Gasteiger partial charge in [-0.05, 0) is 164 Å². The summed E-state index contributed by atoms with van der Waals surface area (Å²) in [4.78, 5) is 122. The summed E-state index contributed by atoms with van der Waals surface area (Å²) in [6.07, 6.45) is 0.608. The van der Waals surface area contributed by atoms with Gasteiger partial charge < -0.3 is 14.5 Å². The summed E-state index contributed by atoms with van der Waals surface area (Å²) < 4.78 is 88.1. The van der Waals surface area contributed by atoms with E-state index in [4.69, 9.17) is 19.9 Å². The van der Waals surface area contributed by atoms with Crippen LogP contribution in [0.4, 0.5) is 0 Å². The molecule has 0 aliphatic rings. The van der Waals surface area contributed by atoms with Crippen LogP contribution in [0.5, 0.6) is 11.5 Å². The Kier molecular flexibility index (Phi) is 31.6. The fourth-order valence-electron chi connectivity index (χ4n) is 10.8. The lowest BCUT2D eigenvalue weighted by atomic mass is 9.95. The molecule has 0 aliphatic carbocycles. The normalized spacial score (nSPS) is 11.2. The minimum Gasteiger partial charge on any atom is -0.497 e. The van der Waals surface area contributed by atoms with Crippen molar-refractivity contribution in [2.45, 2.75) is 126 Å². The molecular weight excluding hydrogens is 1490 g/mol. The second kappa shape index (κ2) is 39.0. The van der Waals surface area contributed by atoms with Crippen LogP contribution in [0.25, 0.3) is 0 Å². The van der Waals surface area contributed by atoms with Crippen molar-refractivity contribution in [1.82, 2.24) is 38.5 Å². The van der Waals surface area contributed by atoms with Crippen LogP contribution in [0.15, 0.2) is 132 Å². The number of hydrogen-bond donors (Lipinski definition) is 7. The molecule has 0 atom stereocenters. The van der Waals surface area contributed by atoms with E-state index in [1.165, 1.54) is 18.2 Å². The number of halogens is 1. The monoisotopic (exact) mass is 1570 g/mol. The van der Waals surface area contributed by atoms with Crippen LogP contribution in [-0.2, 0) is 56.2 Å². The van der Waals surface area contributed by atoms with E-state index < -0.39 is 87.1 Å². The van der Waals surface area contributed by atoms with Crippen LogP contribution in [-0.4, -0.2) is 108 Å². The van der Waals surface area contributed by atoms with Gasteiger partial charge in [-0.25, -0.2) is 54.2 Å². The lowest BCUT2D eigenvalue weighted by Gasteiger charge is -2.18. The average molecular weight is 1580 g/mol. The number of ether oxygens (including phenoxy) is 2. The summed E-state index contributed by atoms with van der Waals surface area (Å²) in [6, 6.07) is 34.1. The molecule has 3 aromatic heterocycles. The first-order valence-corrected chi connectivity index (χ1v) is 39.0. The predicted molar refractivity (Wildman–Crippen MR) is 403 cm³/mol. The van der Waals surface area contributed by atoms with E-state index in [-0.39, 0.29) is 123 Å². The molecule has 0 radical (unpaired) electrons. The van der Waals surface area contributed by atoms with E-state index in [0.29, 0.717) is 40.7 Å². The van der Waals surface area contributed by atoms with Crippen molar-refractivity contribution in [1.29, 1.82) is 15.8 Å². The number of aromatic amines is 4. The number of primary sulfonamides is 1. The molecular formula is C73H83BrN12O17S3. The summed E-state index contributed by atoms with van der Waals surface area (Å²) in [6.45, 7) is 15.8. The van der Waals surface area contributed by atoms with Crippen molar-refractivity contribution in [2.75, 3.05) is 36.8 Å². The number of aromatic nitrogens is 6. The number of rotatable bonds is 28. The first-order valence-electron chi connectivity index (χ1n) is 32.9. The van der Waals surface area contributed by atoms with Crippen molar-refractivity contribution in [3.63, 3.8) is 0 Å². The molecule has 5 aromatic carbocycles. The number of aryl methyl sites for hydroxylation is 3. The first-order chi connectivity index (χ1) is 49.8. The standard InChI is InChI=1S/C27H30N4O6S.C19H22N4O5S.C16H15N3O3.C11H16BrNO3S/c1-17(2)23-24(25(32)21-13-18(3)12-20(14-21)15-28)31(27(34)30-26(23)33)10-5-11-38(35,36)29-16-19-6-8-22(37-4)9-7-19;1-11(2)15-16(17(24)14-8-12(3)7-13(9-14)10-20)23(19(26)22-18(15)25)5-4-6-29(21,27)28;1-8(2)12-13(18-16(22)19-15(12)21)14(20)11-5-9(3)4-10(6-11)7-17;1-16-11-5-3-10(4-6-11)9-13-17(14,15)8-2-7-12/h6-9,12-14,17,29H,5,10-11,16H2,1-4H3,(H,30,33,34);7-9,11H,4-6H2,1-3H3,(H2,21,27,28)(H,22,25,26);4-6,8H,1-3H3,(H2,18,19,21,22);3-6,13H,2,7-9H2,1H3. The van der Waals surface area contributed by atoms with Gasteiger partial charge in [-0.1, -0.05) is 81.7 Å². The summed E-state index contributed by atoms with van der Waals surface area (Å²) >= 11 is 3.21. The number of methoxy groups -OCH3 is 2. The van der Waals surface area contributed by atoms with Gasteiger partial charge in [0.2, 0.25) is 47.4 Å². The van der Waals surface area contributed by atoms with E-state index in [0.717, 1.165) is 31.6 Å². The van der Waals surface area contributed by atoms with Gasteiger partial charge in [0, 0.05) is 64.9 Å². The number of sulfonamides is 3. The minimum atomic E-state index is -3.75. The fraction of sp³-hybridized carbons (Fsp3) is 0.342. The van der Waals surface area contributed by atoms with Crippen LogP contribution in [0.3, 0.4) is 0 Å². The molecule has 0 saturated heterocycles. The molecule has 8 aromatic rings. The zero-order chi connectivity index (χ0) is 79.1. The topological polar surface area (TPSA) is 469 Å². The highest BCUT2D eigenvalue weighted by Gasteiger charge is 2.28. The summed E-state index contributed by atoms with van der Waals surface area (Å²) in [5, 5.41) is 33.2. The molecule has 0 bridgehead atoms. The Balaban J connectivity index is 0.000000264. The number of carbonyl (C=O) groups is 3. The third kappa shape index (κ3) is 25.1. The van der Waals surface area contributed by atoms with Crippen LogP contribution in [0, 0.1) is 54.8 Å². The summed E-state index contributed by atoms with van der Waals surface area (Å²) in [5.74, 6) is -1.80. The fourth-order valence-corrected chi connectivity index (χ4v) is 14.1. The second-order valence-electron chi connectivity index (χ2n) is 25.2. The van der Waals surface area contributed by atoms with Crippen molar-refractivity contribution in [3.8, 4) is 29.7 Å². The Morgan fingerprint density at radius 2 is 0.830 bits per heavy atom. The molecule has 8 N–H and O–H groups in total. The Morgan fingerprint density at radius 1 is 0.491 bits per heavy atom. The maximum absolute atomic E-state index is 13.6. The number of H-pyrrole nitrogens is 4. The van der Waals surface area contributed by atoms with Crippen molar-refractivity contribution in [3.05, 3.63) is 261 Å². The van der Waals surface area contributed by atoms with E-state index in [2.05, 4.69) is 45.3 Å². The maximum atomic E-state index is 13.6. The van der Waals surface area contributed by atoms with Gasteiger partial charge in [0.25, 0.3) is 16.7 Å². The van der Waals surface area contributed by atoms with Gasteiger partial charge in [-0.2, -0.15) is 15.8 Å². The van der Waals surface area contributed by atoms with Gasteiger partial charge in [-0.3, -0.25) is 52.9 Å². The lowest BCUT2D eigenvalue weighted by Crippen LogP contribution is -2.38. The molecule has 0 amide bonds. The Labute approximate surface area is 620 Å². The highest BCUT2D eigenvalue weighted by atomic mass is 79.9. The third-order valence-electron chi connectivity index (χ3n) is 15.7. The molecule has 0 aliphatic heterocycles. The van der Waals surface area contributed by atoms with Gasteiger partial charge in [-0.15, -0.1) is 0 Å². The van der Waals surface area contributed by atoms with Crippen LogP contribution >= 0.6 is 15.9 Å². The van der Waals surface area contributed by atoms with Gasteiger partial charge in [0.1, 0.15) is 22.9 Å². The van der Waals surface area contributed by atoms with E-state index in [1.54, 1.807) is 137 Å². The second-order valence-corrected chi connectivity index (χ2v) is 31.6. The van der Waals surface area contributed by atoms with Crippen LogP contribution in [0.1, 0.15) is 188 Å². The zero-order valence-electron chi connectivity index (χ0n) is 60.2. The van der Waals surface area contributed by atoms with E-state index in [1.807, 2.05) is 42.5 Å². The average Bonchev–Trinajstić information content (AvgIpc) is 0.784. The number of hydrogen-bond acceptors (Lipinski definition) is 20. The number of nitrogens with one attached hydrogen (secondary N) is 6. The number of ketones is 3. The molecule has 29 nitrogen and oxygen atoms in total. The minimum absolute atomic E-state index is 0.0129. The van der Waals surface area contributed by atoms with Gasteiger partial charge >= 0.3 is 17.1 Å². The highest BCUT2D eigenvalue weighted by Crippen LogP contribution is 2.24. The Hall–Kier alpha value is -10.6. The smallest absolute Gasteiger partial charge is 0.328 e. The van der Waals surface area contributed by atoms with Crippen LogP contribution in [0.2, 0.25) is 0 Å². The van der Waals surface area contributed by atoms with Crippen LogP contribution < -0.4 is 57.8 Å². The number of nitriles is 3. The Morgan fingerprint density at radius 3 is 1.16 bits per heavy atom. The first kappa shape index (κ1) is 86.1. The zero-order valence-corrected chi connectivity index (χ0v) is 64.2. The SMILES string of the molecule is COc1ccc(CNS(=O)(=O)CCCBr)cc1.COc1ccc(CNS(=O)(=O)CCCn2c(C(=O)c3cc(C)cc(C#N)c3)c(C(C)C)c(=O)[nH]c2=O)cc1.Cc1cc(C#N)cc(C(=O)c2[nH]c(=O)[nH]c(=O)c2C(C)C)c1.Cc1cc(C#N)cc(C(=O)c2c(C(C)C)c(=O)[nH]c(=O)n2CCCS(N)(=O)=O)c1. The number of alkyl halides is 1. The molecule has 106 heavy (non-hydrogen) atoms. The largest absolute Gasteiger partial charge is 0.497 e. The quantitative estimate of drug-likeness (QED) is 0.0195. The molecule has 0 fully saturated rings. The van der Waals surface area contributed by atoms with Gasteiger partial charge in [0.15, 0.2) is 0 Å². The van der Waals surface area contributed by atoms with E-state index >= 15 is 0 Å². The number of nitrogens with two attached hydrogens (primary N) is 1. The Bertz CT molecular complexity index is 5430. The predicted octanol–water partition coefficient (Wildman–Crippen LogP) is 6.84. The summed E-state index contributed by atoms with van der Waals surface area (Å²) in [5.41, 5.74) is 1.17. The van der Waals surface area contributed by atoms with Crippen molar-refractivity contribution < 1.29 is 49.1 Å². The van der Waals surface area contributed by atoms with Gasteiger partial charge in [0.05, 0.1) is 72.1 Å². The molecule has 0 saturated carbocycles. The summed E-state index contributed by atoms with van der Waals surface area (Å²) in [7, 11) is -7.49. The van der Waals surface area contributed by atoms with E-state index in [9.17, 15) is 78.9 Å². The number of nitrogens with zero attached hydrogens (tertiary/aromatic N) is 5. The molecule has 562 valence electrons. The van der Waals surface area contributed by atoms with Crippen molar-refractivity contribution >= 4 is 63.3 Å².